The molecule has 4 heteroatoms. The summed E-state index contributed by atoms with van der Waals surface area (Å²) in [4.78, 5) is 16.7. The van der Waals surface area contributed by atoms with Crippen molar-refractivity contribution in [3.8, 4) is 0 Å². The van der Waals surface area contributed by atoms with Crippen LogP contribution in [0.3, 0.4) is 0 Å². The number of nitrogens with zero attached hydrogens (tertiary/aromatic N) is 1. The van der Waals surface area contributed by atoms with Crippen LogP contribution in [0.1, 0.15) is 40.2 Å². The fourth-order valence-corrected chi connectivity index (χ4v) is 4.04. The van der Waals surface area contributed by atoms with E-state index in [1.54, 1.807) is 11.3 Å². The summed E-state index contributed by atoms with van der Waals surface area (Å²) in [5.74, 6) is 0.225. The van der Waals surface area contributed by atoms with Crippen molar-refractivity contribution in [3.05, 3.63) is 21.9 Å². The van der Waals surface area contributed by atoms with Crippen LogP contribution in [0.15, 0.2) is 12.1 Å². The maximum absolute atomic E-state index is 12.5. The second-order valence-corrected chi connectivity index (χ2v) is 6.53. The number of aryl methyl sites for hydroxylation is 1. The number of amides is 1. The zero-order chi connectivity index (χ0) is 12.0. The van der Waals surface area contributed by atoms with E-state index in [1.807, 2.05) is 19.1 Å². The van der Waals surface area contributed by atoms with Crippen LogP contribution in [0.4, 0.5) is 0 Å². The minimum Gasteiger partial charge on any atom is -0.332 e. The van der Waals surface area contributed by atoms with E-state index >= 15 is 0 Å². The van der Waals surface area contributed by atoms with Crippen LogP contribution in [0.2, 0.25) is 0 Å². The summed E-state index contributed by atoms with van der Waals surface area (Å²) < 4.78 is 0. The lowest BCUT2D eigenvalue weighted by Gasteiger charge is -2.37. The predicted molar refractivity (Wildman–Crippen MR) is 69.2 cm³/mol. The van der Waals surface area contributed by atoms with E-state index in [2.05, 4.69) is 4.90 Å². The average molecular weight is 250 g/mol. The normalized spacial score (nSPS) is 31.9. The van der Waals surface area contributed by atoms with E-state index in [4.69, 9.17) is 5.73 Å². The van der Waals surface area contributed by atoms with Crippen molar-refractivity contribution in [1.82, 2.24) is 4.90 Å². The van der Waals surface area contributed by atoms with E-state index in [9.17, 15) is 4.79 Å². The van der Waals surface area contributed by atoms with Crippen LogP contribution in [-0.2, 0) is 0 Å². The molecule has 2 saturated heterocycles. The third-order valence-electron chi connectivity index (χ3n) is 3.96. The number of thiophene rings is 1. The van der Waals surface area contributed by atoms with Gasteiger partial charge in [-0.25, -0.2) is 0 Å². The SMILES string of the molecule is Cc1ccc(C(=O)N2C3CCC2CC(N)C3)s1. The third kappa shape index (κ3) is 1.89. The molecule has 3 heterocycles. The summed E-state index contributed by atoms with van der Waals surface area (Å²) in [7, 11) is 0. The molecule has 2 atom stereocenters. The largest absolute Gasteiger partial charge is 0.332 e. The molecule has 1 amide bonds. The Morgan fingerprint density at radius 3 is 2.53 bits per heavy atom. The average Bonchev–Trinajstić information content (AvgIpc) is 2.81. The standard InChI is InChI=1S/C13H18N2OS/c1-8-2-5-12(17-8)13(16)15-10-3-4-11(15)7-9(14)6-10/h2,5,9-11H,3-4,6-7,14H2,1H3. The van der Waals surface area contributed by atoms with Crippen LogP contribution in [0.25, 0.3) is 0 Å². The highest BCUT2D eigenvalue weighted by Gasteiger charge is 2.42. The molecule has 2 aliphatic heterocycles. The smallest absolute Gasteiger partial charge is 0.264 e. The fraction of sp³-hybridized carbons (Fsp3) is 0.615. The molecule has 0 radical (unpaired) electrons. The molecular weight excluding hydrogens is 232 g/mol. The van der Waals surface area contributed by atoms with Gasteiger partial charge in [0.1, 0.15) is 0 Å². The molecule has 0 spiro atoms. The predicted octanol–water partition coefficient (Wildman–Crippen LogP) is 2.15. The third-order valence-corrected chi connectivity index (χ3v) is 4.94. The molecule has 2 bridgehead atoms. The lowest BCUT2D eigenvalue weighted by atomic mass is 9.98. The highest BCUT2D eigenvalue weighted by molar-refractivity contribution is 7.13. The van der Waals surface area contributed by atoms with Crippen molar-refractivity contribution in [2.75, 3.05) is 0 Å². The lowest BCUT2D eigenvalue weighted by molar-refractivity contribution is 0.0580. The Balaban J connectivity index is 1.83. The van der Waals surface area contributed by atoms with Gasteiger partial charge in [-0.3, -0.25) is 4.79 Å². The van der Waals surface area contributed by atoms with Crippen molar-refractivity contribution >= 4 is 17.2 Å². The van der Waals surface area contributed by atoms with Crippen molar-refractivity contribution in [2.24, 2.45) is 5.73 Å². The molecule has 17 heavy (non-hydrogen) atoms. The maximum atomic E-state index is 12.5. The Kier molecular flexibility index (Phi) is 2.71. The van der Waals surface area contributed by atoms with Gasteiger partial charge in [0.2, 0.25) is 0 Å². The summed E-state index contributed by atoms with van der Waals surface area (Å²) in [5, 5.41) is 0. The summed E-state index contributed by atoms with van der Waals surface area (Å²) >= 11 is 1.60. The molecule has 0 aromatic carbocycles. The molecule has 0 saturated carbocycles. The number of nitrogens with two attached hydrogens (primary N) is 1. The number of fused-ring (bicyclic) bond motifs is 2. The van der Waals surface area contributed by atoms with Crippen molar-refractivity contribution in [1.29, 1.82) is 0 Å². The van der Waals surface area contributed by atoms with Gasteiger partial charge in [-0.2, -0.15) is 0 Å². The van der Waals surface area contributed by atoms with Gasteiger partial charge in [-0.05, 0) is 44.7 Å². The van der Waals surface area contributed by atoms with Crippen molar-refractivity contribution in [3.63, 3.8) is 0 Å². The van der Waals surface area contributed by atoms with Gasteiger partial charge in [0.05, 0.1) is 4.88 Å². The number of piperidine rings is 1. The van der Waals surface area contributed by atoms with Gasteiger partial charge in [0.25, 0.3) is 5.91 Å². The lowest BCUT2D eigenvalue weighted by Crippen LogP contribution is -2.49. The molecule has 2 fully saturated rings. The summed E-state index contributed by atoms with van der Waals surface area (Å²) in [6, 6.07) is 5.05. The van der Waals surface area contributed by atoms with Crippen molar-refractivity contribution in [2.45, 2.75) is 50.7 Å². The van der Waals surface area contributed by atoms with Gasteiger partial charge in [-0.1, -0.05) is 0 Å². The molecule has 3 rings (SSSR count). The van der Waals surface area contributed by atoms with Crippen LogP contribution >= 0.6 is 11.3 Å². The number of hydrogen-bond donors (Lipinski definition) is 1. The monoisotopic (exact) mass is 250 g/mol. The molecular formula is C13H18N2OS. The minimum atomic E-state index is 0.225. The van der Waals surface area contributed by atoms with Gasteiger partial charge in [0.15, 0.2) is 0 Å². The Morgan fingerprint density at radius 2 is 2.00 bits per heavy atom. The highest BCUT2D eigenvalue weighted by Crippen LogP contribution is 2.36. The molecule has 92 valence electrons. The van der Waals surface area contributed by atoms with E-state index < -0.39 is 0 Å². The fourth-order valence-electron chi connectivity index (χ4n) is 3.23. The Hall–Kier alpha value is -0.870. The molecule has 1 aromatic heterocycles. The zero-order valence-electron chi connectivity index (χ0n) is 10.1. The van der Waals surface area contributed by atoms with Crippen LogP contribution < -0.4 is 5.73 Å². The summed E-state index contributed by atoms with van der Waals surface area (Å²) in [6.45, 7) is 2.04. The summed E-state index contributed by atoms with van der Waals surface area (Å²) in [6.07, 6.45) is 4.22. The topological polar surface area (TPSA) is 46.3 Å². The number of carbonyl (C=O) groups is 1. The van der Waals surface area contributed by atoms with E-state index in [-0.39, 0.29) is 5.91 Å². The van der Waals surface area contributed by atoms with Crippen LogP contribution in [-0.4, -0.2) is 28.9 Å². The van der Waals surface area contributed by atoms with E-state index in [1.165, 1.54) is 4.88 Å². The van der Waals surface area contributed by atoms with Crippen LogP contribution in [0, 0.1) is 6.92 Å². The Labute approximate surface area is 106 Å². The van der Waals surface area contributed by atoms with E-state index in [0.29, 0.717) is 18.1 Å². The van der Waals surface area contributed by atoms with Gasteiger partial charge in [-0.15, -0.1) is 11.3 Å². The van der Waals surface area contributed by atoms with Gasteiger partial charge >= 0.3 is 0 Å². The van der Waals surface area contributed by atoms with Gasteiger partial charge in [0, 0.05) is 23.0 Å². The molecule has 2 unspecified atom stereocenters. The van der Waals surface area contributed by atoms with Gasteiger partial charge < -0.3 is 10.6 Å². The first-order valence-electron chi connectivity index (χ1n) is 6.30. The minimum absolute atomic E-state index is 0.225. The van der Waals surface area contributed by atoms with E-state index in [0.717, 1.165) is 30.6 Å². The Morgan fingerprint density at radius 1 is 1.35 bits per heavy atom. The molecule has 0 aliphatic carbocycles. The van der Waals surface area contributed by atoms with Crippen LogP contribution in [0.5, 0.6) is 0 Å². The summed E-state index contributed by atoms with van der Waals surface area (Å²) in [5.41, 5.74) is 6.03. The number of rotatable bonds is 1. The van der Waals surface area contributed by atoms with Crippen molar-refractivity contribution < 1.29 is 4.79 Å². The number of hydrogen-bond acceptors (Lipinski definition) is 3. The second-order valence-electron chi connectivity index (χ2n) is 5.24. The molecule has 1 aromatic rings. The maximum Gasteiger partial charge on any atom is 0.264 e. The number of carbonyl (C=O) groups excluding carboxylic acids is 1. The zero-order valence-corrected chi connectivity index (χ0v) is 10.9. The molecule has 3 nitrogen and oxygen atoms in total. The Bertz CT molecular complexity index is 428. The first kappa shape index (κ1) is 11.2. The second kappa shape index (κ2) is 4.10. The quantitative estimate of drug-likeness (QED) is 0.830. The molecule has 2 aliphatic rings. The first-order valence-corrected chi connectivity index (χ1v) is 7.11. The molecule has 2 N–H and O–H groups in total. The first-order chi connectivity index (χ1) is 8.15. The highest BCUT2D eigenvalue weighted by atomic mass is 32.1.